The number of fused-ring (bicyclic) bond motifs is 1. The maximum absolute atomic E-state index is 14.4. The highest BCUT2D eigenvalue weighted by molar-refractivity contribution is 5.92. The number of nitriles is 1. The van der Waals surface area contributed by atoms with Crippen molar-refractivity contribution in [3.8, 4) is 11.8 Å². The number of rotatable bonds is 9. The number of benzene rings is 2. The molecule has 0 saturated heterocycles. The zero-order valence-corrected chi connectivity index (χ0v) is 24.2. The first kappa shape index (κ1) is 29.5. The third-order valence-electron chi connectivity index (χ3n) is 7.02. The molecular weight excluding hydrogens is 562 g/mol. The second kappa shape index (κ2) is 12.5. The van der Waals surface area contributed by atoms with Crippen molar-refractivity contribution in [2.45, 2.75) is 32.9 Å². The summed E-state index contributed by atoms with van der Waals surface area (Å²) in [5.74, 6) is 0.304. The molecule has 2 aromatic carbocycles. The summed E-state index contributed by atoms with van der Waals surface area (Å²) in [7, 11) is 1.76. The summed E-state index contributed by atoms with van der Waals surface area (Å²) < 4.78 is 1.56. The number of para-hydroxylation sites is 1. The van der Waals surface area contributed by atoms with Crippen LogP contribution in [0.1, 0.15) is 52.4 Å². The minimum atomic E-state index is -0.723. The number of carbonyl (C=O) groups excluding carboxylic acids is 1. The van der Waals surface area contributed by atoms with Gasteiger partial charge in [-0.25, -0.2) is 25.4 Å². The summed E-state index contributed by atoms with van der Waals surface area (Å²) in [6.07, 6.45) is 3.10. The van der Waals surface area contributed by atoms with Crippen LogP contribution in [0.3, 0.4) is 0 Å². The number of hydroxylamine groups is 1. The van der Waals surface area contributed by atoms with E-state index in [4.69, 9.17) is 15.9 Å². The van der Waals surface area contributed by atoms with Crippen LogP contribution < -0.4 is 27.0 Å². The lowest BCUT2D eigenvalue weighted by atomic mass is 10.1. The fourth-order valence-corrected chi connectivity index (χ4v) is 4.88. The molecule has 3 heterocycles. The molecule has 0 aliphatic rings. The van der Waals surface area contributed by atoms with Gasteiger partial charge in [-0.2, -0.15) is 10.2 Å². The van der Waals surface area contributed by atoms with Gasteiger partial charge < -0.3 is 16.0 Å². The van der Waals surface area contributed by atoms with Crippen LogP contribution in [0.2, 0.25) is 0 Å². The highest BCUT2D eigenvalue weighted by Gasteiger charge is 2.24. The van der Waals surface area contributed by atoms with E-state index in [0.29, 0.717) is 46.0 Å². The first-order valence-corrected chi connectivity index (χ1v) is 13.6. The molecule has 0 spiro atoms. The van der Waals surface area contributed by atoms with E-state index in [9.17, 15) is 14.9 Å². The highest BCUT2D eigenvalue weighted by atomic mass is 16.5. The molecule has 44 heavy (non-hydrogen) atoms. The van der Waals surface area contributed by atoms with Gasteiger partial charge in [0.05, 0.1) is 33.9 Å². The molecule has 1 unspecified atom stereocenters. The molecule has 14 nitrogen and oxygen atoms in total. The minimum Gasteiger partial charge on any atom is -0.368 e. The average Bonchev–Trinajstić information content (AvgIpc) is 3.03. The zero-order valence-electron chi connectivity index (χ0n) is 24.2. The fraction of sp³-hybridized carbons (Fsp3) is 0.200. The van der Waals surface area contributed by atoms with Crippen molar-refractivity contribution in [2.75, 3.05) is 23.0 Å². The van der Waals surface area contributed by atoms with Crippen molar-refractivity contribution in [3.05, 3.63) is 99.5 Å². The maximum atomic E-state index is 14.4. The Morgan fingerprint density at radius 1 is 1.11 bits per heavy atom. The molecule has 0 saturated carbocycles. The number of aryl methyl sites for hydroxylation is 1. The normalized spacial score (nSPS) is 11.5. The number of hydrogen-bond acceptors (Lipinski definition) is 12. The molecule has 0 aliphatic heterocycles. The van der Waals surface area contributed by atoms with E-state index in [1.165, 1.54) is 12.4 Å². The second-order valence-corrected chi connectivity index (χ2v) is 9.93. The van der Waals surface area contributed by atoms with Crippen molar-refractivity contribution in [2.24, 2.45) is 0 Å². The maximum Gasteiger partial charge on any atom is 0.277 e. The Balaban J connectivity index is 1.62. The number of aromatic nitrogens is 6. The van der Waals surface area contributed by atoms with E-state index in [-0.39, 0.29) is 35.0 Å². The molecule has 1 amide bonds. The van der Waals surface area contributed by atoms with Crippen molar-refractivity contribution < 1.29 is 10.0 Å². The van der Waals surface area contributed by atoms with Crippen LogP contribution in [0.25, 0.3) is 16.6 Å². The summed E-state index contributed by atoms with van der Waals surface area (Å²) in [5.41, 5.74) is 9.74. The number of nitrogens with two attached hydrogens (primary N) is 1. The summed E-state index contributed by atoms with van der Waals surface area (Å²) >= 11 is 0. The molecule has 0 bridgehead atoms. The Morgan fingerprint density at radius 3 is 2.50 bits per heavy atom. The SMILES string of the molecule is CCC(Nc1nc(N)nc(C)c1C#N)c1nc2cccc(CN(C)c3ncc(C(=O)NO)cn3)c2c(=O)n1-c1ccccc1. The third kappa shape index (κ3) is 5.72. The van der Waals surface area contributed by atoms with Gasteiger partial charge in [-0.1, -0.05) is 37.3 Å². The van der Waals surface area contributed by atoms with Crippen LogP contribution in [-0.4, -0.2) is 47.6 Å². The van der Waals surface area contributed by atoms with Gasteiger partial charge in [0.1, 0.15) is 23.3 Å². The topological polar surface area (TPSA) is 201 Å². The van der Waals surface area contributed by atoms with E-state index in [1.807, 2.05) is 49.4 Å². The number of carbonyl (C=O) groups is 1. The van der Waals surface area contributed by atoms with E-state index in [2.05, 4.69) is 31.3 Å². The monoisotopic (exact) mass is 591 g/mol. The van der Waals surface area contributed by atoms with Gasteiger partial charge in [0.25, 0.3) is 11.5 Å². The first-order chi connectivity index (χ1) is 21.2. The number of amides is 1. The summed E-state index contributed by atoms with van der Waals surface area (Å²) in [6, 6.07) is 16.2. The summed E-state index contributed by atoms with van der Waals surface area (Å²) in [4.78, 5) is 49.6. The minimum absolute atomic E-state index is 0.0230. The van der Waals surface area contributed by atoms with Crippen LogP contribution in [0.4, 0.5) is 17.7 Å². The molecular formula is C30H29N11O3. The molecule has 0 radical (unpaired) electrons. The van der Waals surface area contributed by atoms with Gasteiger partial charge in [0.15, 0.2) is 0 Å². The molecule has 3 aromatic heterocycles. The van der Waals surface area contributed by atoms with E-state index in [1.54, 1.807) is 35.0 Å². The van der Waals surface area contributed by atoms with Crippen molar-refractivity contribution >= 4 is 34.5 Å². The van der Waals surface area contributed by atoms with Crippen LogP contribution in [0.15, 0.2) is 65.7 Å². The van der Waals surface area contributed by atoms with Gasteiger partial charge in [-0.3, -0.25) is 19.4 Å². The largest absolute Gasteiger partial charge is 0.368 e. The van der Waals surface area contributed by atoms with E-state index in [0.717, 1.165) is 0 Å². The number of anilines is 3. The van der Waals surface area contributed by atoms with E-state index >= 15 is 0 Å². The molecule has 5 N–H and O–H groups in total. The Hall–Kier alpha value is -5.94. The Bertz CT molecular complexity index is 1940. The lowest BCUT2D eigenvalue weighted by Gasteiger charge is -2.24. The predicted octanol–water partition coefficient (Wildman–Crippen LogP) is 3.05. The van der Waals surface area contributed by atoms with Gasteiger partial charge in [-0.15, -0.1) is 0 Å². The van der Waals surface area contributed by atoms with Crippen molar-refractivity contribution in [1.29, 1.82) is 5.26 Å². The summed E-state index contributed by atoms with van der Waals surface area (Å²) in [6.45, 7) is 3.88. The molecule has 222 valence electrons. The third-order valence-corrected chi connectivity index (χ3v) is 7.02. The molecule has 0 aliphatic carbocycles. The Morgan fingerprint density at radius 2 is 1.84 bits per heavy atom. The smallest absolute Gasteiger partial charge is 0.277 e. The molecule has 5 rings (SSSR count). The number of nitrogens with one attached hydrogen (secondary N) is 2. The lowest BCUT2D eigenvalue weighted by molar-refractivity contribution is 0.0705. The van der Waals surface area contributed by atoms with Crippen molar-refractivity contribution in [1.82, 2.24) is 35.0 Å². The Labute approximate surface area is 251 Å². The average molecular weight is 592 g/mol. The molecule has 14 heteroatoms. The van der Waals surface area contributed by atoms with Crippen LogP contribution in [0, 0.1) is 18.3 Å². The zero-order chi connectivity index (χ0) is 31.4. The molecule has 0 fully saturated rings. The fourth-order valence-electron chi connectivity index (χ4n) is 4.88. The predicted molar refractivity (Wildman–Crippen MR) is 163 cm³/mol. The van der Waals surface area contributed by atoms with Gasteiger partial charge in [-0.05, 0) is 37.1 Å². The van der Waals surface area contributed by atoms with Crippen LogP contribution in [-0.2, 0) is 6.54 Å². The quantitative estimate of drug-likeness (QED) is 0.144. The van der Waals surface area contributed by atoms with Crippen molar-refractivity contribution in [3.63, 3.8) is 0 Å². The second-order valence-electron chi connectivity index (χ2n) is 9.93. The van der Waals surface area contributed by atoms with Gasteiger partial charge in [0.2, 0.25) is 11.9 Å². The molecule has 5 aromatic rings. The van der Waals surface area contributed by atoms with Gasteiger partial charge in [0, 0.05) is 26.0 Å². The molecule has 1 atom stereocenters. The Kier molecular flexibility index (Phi) is 8.40. The number of nitrogen functional groups attached to an aromatic ring is 1. The highest BCUT2D eigenvalue weighted by Crippen LogP contribution is 2.27. The lowest BCUT2D eigenvalue weighted by Crippen LogP contribution is -2.30. The summed E-state index contributed by atoms with van der Waals surface area (Å²) in [5, 5.41) is 22.3. The standard InChI is InChI=1S/C30H29N11O3/c1-4-22(36-25-21(13-31)17(2)35-29(32)38-25)26-37-23-12-8-9-18(24(23)28(43)41(26)20-10-6-5-7-11-20)16-40(3)30-33-14-19(15-34-30)27(42)39-44/h5-12,14-15,22,44H,4,16H2,1-3H3,(H,39,42)(H3,32,35,36,38). The number of hydrogen-bond donors (Lipinski definition) is 4. The van der Waals surface area contributed by atoms with Gasteiger partial charge >= 0.3 is 0 Å². The van der Waals surface area contributed by atoms with Crippen LogP contribution in [0.5, 0.6) is 0 Å². The first-order valence-electron chi connectivity index (χ1n) is 13.6. The number of nitrogens with zero attached hydrogens (tertiary/aromatic N) is 8. The van der Waals surface area contributed by atoms with E-state index < -0.39 is 11.9 Å². The van der Waals surface area contributed by atoms with Crippen LogP contribution >= 0.6 is 0 Å².